The fourth-order valence-electron chi connectivity index (χ4n) is 3.55. The van der Waals surface area contributed by atoms with E-state index in [0.717, 1.165) is 28.2 Å². The third kappa shape index (κ3) is 4.56. The van der Waals surface area contributed by atoms with Crippen LogP contribution in [0.25, 0.3) is 11.4 Å². The van der Waals surface area contributed by atoms with Gasteiger partial charge < -0.3 is 9.84 Å². The van der Waals surface area contributed by atoms with E-state index in [1.165, 1.54) is 4.31 Å². The zero-order chi connectivity index (χ0) is 22.2. The second-order valence-corrected chi connectivity index (χ2v) is 10.9. The molecule has 1 aliphatic rings. The standard InChI is InChI=1S/C21H24N4O4S2/c1-13-6-7-18(9-14(13)2)23-21(26)16-5-4-8-25(11-16)31(27,28)19-10-17(12-30-19)20-22-15(3)29-24-20/h6-7,9-10,12,16H,4-5,8,11H2,1-3H3,(H,23,26). The summed E-state index contributed by atoms with van der Waals surface area (Å²) < 4.78 is 33.0. The Morgan fingerprint density at radius 1 is 1.23 bits per heavy atom. The van der Waals surface area contributed by atoms with E-state index >= 15 is 0 Å². The minimum atomic E-state index is -3.71. The number of nitrogens with zero attached hydrogens (tertiary/aromatic N) is 3. The maximum atomic E-state index is 13.2. The Balaban J connectivity index is 1.47. The summed E-state index contributed by atoms with van der Waals surface area (Å²) in [5, 5.41) is 8.47. The lowest BCUT2D eigenvalue weighted by atomic mass is 9.98. The first-order valence-electron chi connectivity index (χ1n) is 10.0. The molecule has 0 bridgehead atoms. The number of carbonyl (C=O) groups excluding carboxylic acids is 1. The van der Waals surface area contributed by atoms with Crippen LogP contribution in [0.3, 0.4) is 0 Å². The summed E-state index contributed by atoms with van der Waals surface area (Å²) in [6.07, 6.45) is 1.28. The zero-order valence-electron chi connectivity index (χ0n) is 17.6. The molecular formula is C21H24N4O4S2. The van der Waals surface area contributed by atoms with Gasteiger partial charge in [-0.05, 0) is 56.0 Å². The van der Waals surface area contributed by atoms with E-state index in [9.17, 15) is 13.2 Å². The van der Waals surface area contributed by atoms with Crippen molar-refractivity contribution in [1.82, 2.24) is 14.4 Å². The molecule has 3 aromatic rings. The van der Waals surface area contributed by atoms with Gasteiger partial charge in [0.05, 0.1) is 5.92 Å². The van der Waals surface area contributed by atoms with Crippen LogP contribution in [0, 0.1) is 26.7 Å². The van der Waals surface area contributed by atoms with E-state index in [4.69, 9.17) is 4.52 Å². The molecule has 1 atom stereocenters. The summed E-state index contributed by atoms with van der Waals surface area (Å²) in [4.78, 5) is 17.0. The van der Waals surface area contributed by atoms with Crippen molar-refractivity contribution in [2.75, 3.05) is 18.4 Å². The Morgan fingerprint density at radius 3 is 2.74 bits per heavy atom. The Bertz CT molecular complexity index is 1220. The molecule has 3 heterocycles. The molecule has 31 heavy (non-hydrogen) atoms. The second kappa shape index (κ2) is 8.52. The molecule has 0 spiro atoms. The zero-order valence-corrected chi connectivity index (χ0v) is 19.2. The van der Waals surface area contributed by atoms with Crippen LogP contribution in [-0.4, -0.2) is 41.9 Å². The van der Waals surface area contributed by atoms with Crippen LogP contribution < -0.4 is 5.32 Å². The first-order chi connectivity index (χ1) is 14.7. The average Bonchev–Trinajstić information content (AvgIpc) is 3.40. The van der Waals surface area contributed by atoms with Crippen molar-refractivity contribution >= 4 is 33.0 Å². The summed E-state index contributed by atoms with van der Waals surface area (Å²) >= 11 is 1.12. The molecule has 1 aromatic carbocycles. The second-order valence-electron chi connectivity index (χ2n) is 7.78. The monoisotopic (exact) mass is 460 g/mol. The lowest BCUT2D eigenvalue weighted by Gasteiger charge is -2.30. The highest BCUT2D eigenvalue weighted by atomic mass is 32.2. The fourth-order valence-corrected chi connectivity index (χ4v) is 6.39. The number of anilines is 1. The van der Waals surface area contributed by atoms with Crippen LogP contribution in [0.4, 0.5) is 5.69 Å². The van der Waals surface area contributed by atoms with Crippen molar-refractivity contribution in [2.24, 2.45) is 5.92 Å². The lowest BCUT2D eigenvalue weighted by molar-refractivity contribution is -0.120. The largest absolute Gasteiger partial charge is 0.339 e. The number of carbonyl (C=O) groups is 1. The summed E-state index contributed by atoms with van der Waals surface area (Å²) in [7, 11) is -3.71. The van der Waals surface area contributed by atoms with Crippen molar-refractivity contribution in [2.45, 2.75) is 37.8 Å². The number of piperidine rings is 1. The molecule has 1 amide bonds. The molecular weight excluding hydrogens is 436 g/mol. The third-order valence-electron chi connectivity index (χ3n) is 5.48. The molecule has 8 nitrogen and oxygen atoms in total. The maximum Gasteiger partial charge on any atom is 0.252 e. The Labute approximate surface area is 185 Å². The van der Waals surface area contributed by atoms with E-state index in [0.29, 0.717) is 36.7 Å². The Hall–Kier alpha value is -2.56. The number of nitrogens with one attached hydrogen (secondary N) is 1. The molecule has 0 radical (unpaired) electrons. The number of aryl methyl sites for hydroxylation is 3. The Morgan fingerprint density at radius 2 is 2.03 bits per heavy atom. The number of hydrogen-bond donors (Lipinski definition) is 1. The number of aromatic nitrogens is 2. The number of thiophene rings is 1. The van der Waals surface area contributed by atoms with Gasteiger partial charge in [-0.2, -0.15) is 9.29 Å². The van der Waals surface area contributed by atoms with E-state index in [1.54, 1.807) is 18.4 Å². The van der Waals surface area contributed by atoms with Crippen molar-refractivity contribution in [3.63, 3.8) is 0 Å². The van der Waals surface area contributed by atoms with E-state index < -0.39 is 15.9 Å². The molecule has 0 saturated carbocycles. The van der Waals surface area contributed by atoms with Crippen LogP contribution >= 0.6 is 11.3 Å². The van der Waals surface area contributed by atoms with Crippen LogP contribution in [-0.2, 0) is 14.8 Å². The first kappa shape index (κ1) is 21.7. The minimum absolute atomic E-state index is 0.155. The van der Waals surface area contributed by atoms with Crippen molar-refractivity contribution in [3.05, 3.63) is 46.7 Å². The van der Waals surface area contributed by atoms with Gasteiger partial charge in [-0.15, -0.1) is 11.3 Å². The molecule has 1 unspecified atom stereocenters. The molecule has 1 fully saturated rings. The molecule has 10 heteroatoms. The van der Waals surface area contributed by atoms with E-state index in [2.05, 4.69) is 15.5 Å². The van der Waals surface area contributed by atoms with Gasteiger partial charge in [-0.25, -0.2) is 8.42 Å². The van der Waals surface area contributed by atoms with Crippen molar-refractivity contribution in [3.8, 4) is 11.4 Å². The highest BCUT2D eigenvalue weighted by Crippen LogP contribution is 2.31. The highest BCUT2D eigenvalue weighted by Gasteiger charge is 2.34. The number of benzene rings is 1. The molecule has 2 aromatic heterocycles. The van der Waals surface area contributed by atoms with E-state index in [1.807, 2.05) is 32.0 Å². The fraction of sp³-hybridized carbons (Fsp3) is 0.381. The summed E-state index contributed by atoms with van der Waals surface area (Å²) in [5.41, 5.74) is 3.57. The van der Waals surface area contributed by atoms with Crippen molar-refractivity contribution in [1.29, 1.82) is 0 Å². The van der Waals surface area contributed by atoms with Crippen LogP contribution in [0.15, 0.2) is 38.4 Å². The summed E-state index contributed by atoms with van der Waals surface area (Å²) in [5.74, 6) is 0.223. The molecule has 1 N–H and O–H groups in total. The SMILES string of the molecule is Cc1nc(-c2csc(S(=O)(=O)N3CCCC(C(=O)Nc4ccc(C)c(C)c4)C3)c2)no1. The van der Waals surface area contributed by atoms with Crippen LogP contribution in [0.5, 0.6) is 0 Å². The van der Waals surface area contributed by atoms with Crippen molar-refractivity contribution < 1.29 is 17.7 Å². The van der Waals surface area contributed by atoms with Crippen LogP contribution in [0.2, 0.25) is 0 Å². The number of hydrogen-bond acceptors (Lipinski definition) is 7. The molecule has 0 aliphatic carbocycles. The topological polar surface area (TPSA) is 105 Å². The average molecular weight is 461 g/mol. The number of rotatable bonds is 5. The van der Waals surface area contributed by atoms with Gasteiger partial charge in [-0.1, -0.05) is 11.2 Å². The van der Waals surface area contributed by atoms with Gasteiger partial charge in [-0.3, -0.25) is 4.79 Å². The molecule has 4 rings (SSSR count). The number of amides is 1. The smallest absolute Gasteiger partial charge is 0.252 e. The normalized spacial score (nSPS) is 17.6. The summed E-state index contributed by atoms with van der Waals surface area (Å²) in [6.45, 7) is 6.24. The highest BCUT2D eigenvalue weighted by molar-refractivity contribution is 7.91. The minimum Gasteiger partial charge on any atom is -0.339 e. The Kier molecular flexibility index (Phi) is 5.96. The maximum absolute atomic E-state index is 13.2. The number of sulfonamides is 1. The molecule has 1 saturated heterocycles. The van der Waals surface area contributed by atoms with Gasteiger partial charge in [0.25, 0.3) is 10.0 Å². The van der Waals surface area contributed by atoms with Gasteiger partial charge in [0.1, 0.15) is 4.21 Å². The third-order valence-corrected chi connectivity index (χ3v) is 8.76. The van der Waals surface area contributed by atoms with Gasteiger partial charge in [0.2, 0.25) is 17.6 Å². The predicted molar refractivity (Wildman–Crippen MR) is 118 cm³/mol. The van der Waals surface area contributed by atoms with Crippen LogP contribution in [0.1, 0.15) is 29.9 Å². The van der Waals surface area contributed by atoms with E-state index in [-0.39, 0.29) is 16.7 Å². The predicted octanol–water partition coefficient (Wildman–Crippen LogP) is 3.76. The van der Waals surface area contributed by atoms with Gasteiger partial charge >= 0.3 is 0 Å². The molecule has 164 valence electrons. The lowest BCUT2D eigenvalue weighted by Crippen LogP contribution is -2.43. The first-order valence-corrected chi connectivity index (χ1v) is 12.3. The quantitative estimate of drug-likeness (QED) is 0.621. The van der Waals surface area contributed by atoms with Gasteiger partial charge in [0.15, 0.2) is 0 Å². The van der Waals surface area contributed by atoms with Gasteiger partial charge in [0, 0.05) is 36.6 Å². The summed E-state index contributed by atoms with van der Waals surface area (Å²) in [6, 6.07) is 7.31. The molecule has 1 aliphatic heterocycles.